The first-order valence-corrected chi connectivity index (χ1v) is 22.9. The number of hydrogen-bond acceptors (Lipinski definition) is 3. The first-order valence-electron chi connectivity index (χ1n) is 21.2. The van der Waals surface area contributed by atoms with E-state index in [1.165, 1.54) is 41.7 Å². The normalized spacial score (nSPS) is 12.1. The lowest BCUT2D eigenvalue weighted by atomic mass is 9.94. The zero-order chi connectivity index (χ0) is 44.4. The topological polar surface area (TPSA) is 38.0 Å². The third kappa shape index (κ3) is 5.48. The van der Waals surface area contributed by atoms with Crippen LogP contribution in [0, 0.1) is 17.9 Å². The van der Waals surface area contributed by atoms with E-state index in [4.69, 9.17) is 6.57 Å². The summed E-state index contributed by atoms with van der Waals surface area (Å²) >= 11 is 3.54. The Labute approximate surface area is 382 Å². The number of nitrogens with zero attached hydrogens (tertiary/aromatic N) is 4. The average Bonchev–Trinajstić information content (AvgIpc) is 4.11. The predicted molar refractivity (Wildman–Crippen MR) is 268 cm³/mol. The van der Waals surface area contributed by atoms with E-state index >= 15 is 0 Å². The molecular weight excluding hydrogens is 862 g/mol. The van der Waals surface area contributed by atoms with Crippen LogP contribution in [-0.2, 0) is 6.18 Å². The number of fused-ring (bicyclic) bond motifs is 14. The van der Waals surface area contributed by atoms with E-state index in [-0.39, 0.29) is 5.69 Å². The number of hydrogen-bond donors (Lipinski definition) is 0. The molecule has 0 aliphatic carbocycles. The molecule has 0 aliphatic heterocycles. The quantitative estimate of drug-likeness (QED) is 0.162. The summed E-state index contributed by atoms with van der Waals surface area (Å²) in [4.78, 5) is 3.62. The first-order chi connectivity index (χ1) is 32.3. The summed E-state index contributed by atoms with van der Waals surface area (Å²) in [7, 11) is 0. The molecule has 0 atom stereocenters. The third-order valence-electron chi connectivity index (χ3n) is 13.0. The van der Waals surface area contributed by atoms with E-state index < -0.39 is 11.7 Å². The summed E-state index contributed by atoms with van der Waals surface area (Å²) in [5.74, 6) is 0. The van der Waals surface area contributed by atoms with Crippen LogP contribution in [0.2, 0.25) is 0 Å². The molecule has 0 saturated heterocycles. The maximum Gasteiger partial charge on any atom is 0.415 e. The van der Waals surface area contributed by atoms with Gasteiger partial charge in [0.15, 0.2) is 5.69 Å². The Morgan fingerprint density at radius 3 is 1.53 bits per heavy atom. The summed E-state index contributed by atoms with van der Waals surface area (Å²) in [6.07, 6.45) is -4.60. The molecule has 4 aromatic heterocycles. The molecule has 0 fully saturated rings. The lowest BCUT2D eigenvalue weighted by Crippen LogP contribution is -2.04. The highest BCUT2D eigenvalue weighted by molar-refractivity contribution is 7.27. The molecule has 66 heavy (non-hydrogen) atoms. The van der Waals surface area contributed by atoms with Crippen molar-refractivity contribution in [2.75, 3.05) is 0 Å². The summed E-state index contributed by atoms with van der Waals surface area (Å²) in [6, 6.07) is 59.9. The molecule has 310 valence electrons. The number of aromatic nitrogens is 2. The zero-order valence-corrected chi connectivity index (χ0v) is 36.1. The molecule has 9 aromatic carbocycles. The molecule has 4 nitrogen and oxygen atoms in total. The third-order valence-corrected chi connectivity index (χ3v) is 15.4. The second kappa shape index (κ2) is 14.1. The van der Waals surface area contributed by atoms with Crippen molar-refractivity contribution in [3.05, 3.63) is 198 Å². The summed E-state index contributed by atoms with van der Waals surface area (Å²) in [6.45, 7) is 8.03. The van der Waals surface area contributed by atoms with Gasteiger partial charge in [-0.15, -0.1) is 22.7 Å². The van der Waals surface area contributed by atoms with Crippen molar-refractivity contribution >= 4 is 112 Å². The molecule has 0 radical (unpaired) electrons. The second-order valence-electron chi connectivity index (χ2n) is 16.5. The van der Waals surface area contributed by atoms with Gasteiger partial charge in [-0.2, -0.15) is 18.4 Å². The molecule has 0 bridgehead atoms. The largest absolute Gasteiger partial charge is 0.415 e. The minimum Gasteiger partial charge on any atom is -0.309 e. The van der Waals surface area contributed by atoms with Crippen LogP contribution in [0.4, 0.5) is 18.9 Å². The van der Waals surface area contributed by atoms with Crippen molar-refractivity contribution < 1.29 is 13.2 Å². The van der Waals surface area contributed by atoms with Crippen molar-refractivity contribution in [3.8, 4) is 39.7 Å². The Morgan fingerprint density at radius 1 is 0.485 bits per heavy atom. The molecule has 0 N–H and O–H groups in total. The van der Waals surface area contributed by atoms with E-state index in [0.717, 1.165) is 82.9 Å². The highest BCUT2D eigenvalue weighted by atomic mass is 32.1. The highest BCUT2D eigenvalue weighted by Crippen LogP contribution is 2.49. The van der Waals surface area contributed by atoms with Gasteiger partial charge in [0.05, 0.1) is 51.6 Å². The molecule has 0 aliphatic rings. The van der Waals surface area contributed by atoms with Crippen molar-refractivity contribution in [1.29, 1.82) is 5.26 Å². The van der Waals surface area contributed by atoms with Gasteiger partial charge in [0, 0.05) is 78.6 Å². The summed E-state index contributed by atoms with van der Waals surface area (Å²) < 4.78 is 51.3. The van der Waals surface area contributed by atoms with Crippen LogP contribution in [-0.4, -0.2) is 9.13 Å². The van der Waals surface area contributed by atoms with Gasteiger partial charge in [0.25, 0.3) is 0 Å². The van der Waals surface area contributed by atoms with Crippen LogP contribution in [0.5, 0.6) is 0 Å². The van der Waals surface area contributed by atoms with Crippen molar-refractivity contribution in [2.24, 2.45) is 0 Å². The SMILES string of the molecule is [C-]#[N+]c1cc(C(F)(F)F)ccc1-c1ccc(-c2ccc(C#N)cc2-n2c3ccccc3c3c4sc5ccccc5c4ccc32)c(-n2c3ccccc3c3c4sc5ccccc5c4ccc32)c1. The zero-order valence-electron chi connectivity index (χ0n) is 34.5. The van der Waals surface area contributed by atoms with Crippen molar-refractivity contribution in [3.63, 3.8) is 0 Å². The second-order valence-corrected chi connectivity index (χ2v) is 18.6. The van der Waals surface area contributed by atoms with E-state index in [1.807, 2.05) is 54.6 Å². The van der Waals surface area contributed by atoms with Gasteiger partial charge >= 0.3 is 6.18 Å². The van der Waals surface area contributed by atoms with Gasteiger partial charge in [-0.05, 0) is 71.8 Å². The van der Waals surface area contributed by atoms with E-state index in [1.54, 1.807) is 22.7 Å². The molecule has 13 aromatic rings. The van der Waals surface area contributed by atoms with Gasteiger partial charge in [-0.1, -0.05) is 115 Å². The minimum absolute atomic E-state index is 0.0883. The van der Waals surface area contributed by atoms with Crippen LogP contribution in [0.15, 0.2) is 176 Å². The van der Waals surface area contributed by atoms with Gasteiger partial charge in [0.2, 0.25) is 0 Å². The van der Waals surface area contributed by atoms with E-state index in [2.05, 4.69) is 123 Å². The lowest BCUT2D eigenvalue weighted by Gasteiger charge is -2.20. The number of alkyl halides is 3. The van der Waals surface area contributed by atoms with Crippen LogP contribution >= 0.6 is 22.7 Å². The van der Waals surface area contributed by atoms with Gasteiger partial charge in [0.1, 0.15) is 0 Å². The molecule has 0 spiro atoms. The fourth-order valence-electron chi connectivity index (χ4n) is 10.2. The number of benzene rings is 9. The van der Waals surface area contributed by atoms with E-state index in [9.17, 15) is 18.4 Å². The molecule has 0 amide bonds. The number of halogens is 3. The molecule has 4 heterocycles. The maximum atomic E-state index is 14.0. The van der Waals surface area contributed by atoms with Crippen LogP contribution in [0.25, 0.3) is 122 Å². The monoisotopic (exact) mass is 890 g/mol. The first kappa shape index (κ1) is 38.3. The van der Waals surface area contributed by atoms with Gasteiger partial charge < -0.3 is 9.13 Å². The standard InChI is InChI=1S/C57H29F3N4S2/c1-62-44-30-34(57(58,59)60)20-23-35(44)33-19-22-37(50(29-33)64-46-15-7-3-13-43(46)54-48(64)27-25-41-39-11-5-9-17-52(39)66-56(41)54)36-21-18-32(31-61)28-49(36)63-45-14-6-2-12-42(45)53-47(63)26-24-40-38-10-4-8-16-51(38)65-55(40)53/h2-30H. The number of nitriles is 1. The Hall–Kier alpha value is -8.21. The smallest absolute Gasteiger partial charge is 0.309 e. The number of thiophene rings is 2. The summed E-state index contributed by atoms with van der Waals surface area (Å²) in [5, 5.41) is 19.6. The molecular formula is C57H29F3N4S2. The molecule has 13 rings (SSSR count). The fraction of sp³-hybridized carbons (Fsp3) is 0.0175. The summed E-state index contributed by atoms with van der Waals surface area (Å²) in [5.41, 5.74) is 7.70. The Bertz CT molecular complexity index is 4320. The Morgan fingerprint density at radius 2 is 0.985 bits per heavy atom. The molecule has 0 unspecified atom stereocenters. The van der Waals surface area contributed by atoms with Crippen molar-refractivity contribution in [2.45, 2.75) is 6.18 Å². The Kier molecular flexibility index (Phi) is 8.20. The van der Waals surface area contributed by atoms with Crippen LogP contribution in [0.1, 0.15) is 11.1 Å². The maximum absolute atomic E-state index is 14.0. The van der Waals surface area contributed by atoms with Gasteiger partial charge in [-0.3, -0.25) is 0 Å². The molecule has 9 heteroatoms. The van der Waals surface area contributed by atoms with E-state index in [0.29, 0.717) is 16.7 Å². The average molecular weight is 891 g/mol. The lowest BCUT2D eigenvalue weighted by molar-refractivity contribution is -0.137. The van der Waals surface area contributed by atoms with Gasteiger partial charge in [-0.25, -0.2) is 4.85 Å². The minimum atomic E-state index is -4.60. The number of para-hydroxylation sites is 2. The number of rotatable bonds is 4. The molecule has 0 saturated carbocycles. The Balaban J connectivity index is 1.15. The highest BCUT2D eigenvalue weighted by Gasteiger charge is 2.31. The van der Waals surface area contributed by atoms with Crippen molar-refractivity contribution in [1.82, 2.24) is 9.13 Å². The predicted octanol–water partition coefficient (Wildman–Crippen LogP) is 17.4. The van der Waals surface area contributed by atoms with Crippen LogP contribution in [0.3, 0.4) is 0 Å². The van der Waals surface area contributed by atoms with Crippen LogP contribution < -0.4 is 0 Å². The fourth-order valence-corrected chi connectivity index (χ4v) is 12.7.